The van der Waals surface area contributed by atoms with E-state index in [1.807, 2.05) is 0 Å². The standard InChI is InChI=1S/C21H24F3N3O4/c1-3-29-20(28)18-13(2)19(27-12-26-18)25-11-16-5-4-6-17(30-16)14-7-9-15(10-8-14)31-21(22,23)24/h7-10,12,16-17H,3-6,11H2,1-2H3,(H,25,26,27)/t16-,17+/m0/s1. The second-order valence-corrected chi connectivity index (χ2v) is 7.09. The molecule has 0 radical (unpaired) electrons. The number of anilines is 1. The lowest BCUT2D eigenvalue weighted by Crippen LogP contribution is -2.29. The summed E-state index contributed by atoms with van der Waals surface area (Å²) in [6.07, 6.45) is -1.24. The van der Waals surface area contributed by atoms with Crippen LogP contribution >= 0.6 is 0 Å². The van der Waals surface area contributed by atoms with Crippen molar-refractivity contribution < 1.29 is 32.2 Å². The summed E-state index contributed by atoms with van der Waals surface area (Å²) in [6, 6.07) is 5.74. The highest BCUT2D eigenvalue weighted by Gasteiger charge is 2.31. The summed E-state index contributed by atoms with van der Waals surface area (Å²) in [5.41, 5.74) is 1.60. The van der Waals surface area contributed by atoms with E-state index < -0.39 is 12.3 Å². The van der Waals surface area contributed by atoms with Gasteiger partial charge in [0, 0.05) is 12.1 Å². The molecule has 1 N–H and O–H groups in total. The van der Waals surface area contributed by atoms with Crippen LogP contribution in [-0.2, 0) is 9.47 Å². The minimum Gasteiger partial charge on any atom is -0.461 e. The molecule has 168 valence electrons. The summed E-state index contributed by atoms with van der Waals surface area (Å²) in [4.78, 5) is 20.2. The predicted octanol–water partition coefficient (Wildman–Crippen LogP) is 4.58. The van der Waals surface area contributed by atoms with Gasteiger partial charge >= 0.3 is 12.3 Å². The minimum atomic E-state index is -4.72. The molecule has 1 fully saturated rings. The monoisotopic (exact) mass is 439 g/mol. The largest absolute Gasteiger partial charge is 0.573 e. The fourth-order valence-electron chi connectivity index (χ4n) is 3.42. The maximum absolute atomic E-state index is 12.3. The Morgan fingerprint density at radius 3 is 2.65 bits per heavy atom. The molecule has 2 atom stereocenters. The number of carbonyl (C=O) groups is 1. The number of halogens is 3. The maximum Gasteiger partial charge on any atom is 0.573 e. The van der Waals surface area contributed by atoms with Gasteiger partial charge in [-0.1, -0.05) is 12.1 Å². The van der Waals surface area contributed by atoms with Gasteiger partial charge in [-0.15, -0.1) is 13.2 Å². The van der Waals surface area contributed by atoms with Crippen molar-refractivity contribution in [2.24, 2.45) is 0 Å². The van der Waals surface area contributed by atoms with Crippen LogP contribution in [0.25, 0.3) is 0 Å². The molecule has 0 amide bonds. The first-order chi connectivity index (χ1) is 14.8. The van der Waals surface area contributed by atoms with Gasteiger partial charge in [0.25, 0.3) is 0 Å². The number of hydrogen-bond donors (Lipinski definition) is 1. The van der Waals surface area contributed by atoms with Gasteiger partial charge in [0.05, 0.1) is 18.8 Å². The van der Waals surface area contributed by atoms with Crippen LogP contribution in [0, 0.1) is 6.92 Å². The van der Waals surface area contributed by atoms with E-state index in [0.717, 1.165) is 24.8 Å². The zero-order chi connectivity index (χ0) is 22.4. The number of nitrogens with zero attached hydrogens (tertiary/aromatic N) is 2. The van der Waals surface area contributed by atoms with Crippen molar-refractivity contribution in [1.29, 1.82) is 0 Å². The van der Waals surface area contributed by atoms with E-state index >= 15 is 0 Å². The lowest BCUT2D eigenvalue weighted by atomic mass is 9.98. The fraction of sp³-hybridized carbons (Fsp3) is 0.476. The Bertz CT molecular complexity index is 890. The van der Waals surface area contributed by atoms with Crippen LogP contribution in [0.2, 0.25) is 0 Å². The third-order valence-corrected chi connectivity index (χ3v) is 4.88. The first-order valence-electron chi connectivity index (χ1n) is 10.0. The van der Waals surface area contributed by atoms with E-state index in [9.17, 15) is 18.0 Å². The number of esters is 1. The van der Waals surface area contributed by atoms with Crippen LogP contribution in [-0.4, -0.2) is 41.6 Å². The Kier molecular flexibility index (Phi) is 7.32. The van der Waals surface area contributed by atoms with Crippen LogP contribution < -0.4 is 10.1 Å². The molecule has 0 aliphatic carbocycles. The number of alkyl halides is 3. The third kappa shape index (κ3) is 6.30. The molecule has 31 heavy (non-hydrogen) atoms. The Morgan fingerprint density at radius 1 is 1.23 bits per heavy atom. The third-order valence-electron chi connectivity index (χ3n) is 4.88. The van der Waals surface area contributed by atoms with Crippen LogP contribution in [0.4, 0.5) is 19.0 Å². The summed E-state index contributed by atoms with van der Waals surface area (Å²) in [7, 11) is 0. The number of ether oxygens (including phenoxy) is 3. The first-order valence-corrected chi connectivity index (χ1v) is 10.0. The van der Waals surface area contributed by atoms with Crippen molar-refractivity contribution in [3.05, 3.63) is 47.4 Å². The minimum absolute atomic E-state index is 0.120. The predicted molar refractivity (Wildman–Crippen MR) is 106 cm³/mol. The molecule has 1 aromatic heterocycles. The van der Waals surface area contributed by atoms with Crippen molar-refractivity contribution in [3.8, 4) is 5.75 Å². The summed E-state index contributed by atoms with van der Waals surface area (Å²) in [5, 5.41) is 3.20. The average Bonchev–Trinajstić information content (AvgIpc) is 2.73. The lowest BCUT2D eigenvalue weighted by molar-refractivity contribution is -0.274. The molecular formula is C21H24F3N3O4. The second-order valence-electron chi connectivity index (χ2n) is 7.09. The maximum atomic E-state index is 12.3. The Morgan fingerprint density at radius 2 is 1.97 bits per heavy atom. The van der Waals surface area contributed by atoms with Gasteiger partial charge in [-0.2, -0.15) is 0 Å². The highest BCUT2D eigenvalue weighted by atomic mass is 19.4. The van der Waals surface area contributed by atoms with Crippen LogP contribution in [0.15, 0.2) is 30.6 Å². The number of hydrogen-bond acceptors (Lipinski definition) is 7. The van der Waals surface area contributed by atoms with Gasteiger partial charge in [0.1, 0.15) is 17.9 Å². The molecule has 1 aromatic carbocycles. The van der Waals surface area contributed by atoms with Crippen molar-refractivity contribution >= 4 is 11.8 Å². The summed E-state index contributed by atoms with van der Waals surface area (Å²) in [6.45, 7) is 4.18. The van der Waals surface area contributed by atoms with Crippen LogP contribution in [0.5, 0.6) is 5.75 Å². The molecule has 0 saturated carbocycles. The quantitative estimate of drug-likeness (QED) is 0.632. The molecule has 2 heterocycles. The van der Waals surface area contributed by atoms with Crippen molar-refractivity contribution in [3.63, 3.8) is 0 Å². The van der Waals surface area contributed by atoms with Crippen molar-refractivity contribution in [2.45, 2.75) is 51.7 Å². The molecular weight excluding hydrogens is 415 g/mol. The lowest BCUT2D eigenvalue weighted by Gasteiger charge is -2.31. The SMILES string of the molecule is CCOC(=O)c1ncnc(NC[C@@H]2CCC[C@H](c3ccc(OC(F)(F)F)cc3)O2)c1C. The highest BCUT2D eigenvalue weighted by molar-refractivity contribution is 5.90. The van der Waals surface area contributed by atoms with E-state index in [1.54, 1.807) is 26.0 Å². The van der Waals surface area contributed by atoms with Crippen LogP contribution in [0.1, 0.15) is 53.9 Å². The normalized spacial score (nSPS) is 19.0. The van der Waals surface area contributed by atoms with E-state index in [2.05, 4.69) is 20.0 Å². The molecule has 1 aliphatic heterocycles. The topological polar surface area (TPSA) is 82.6 Å². The van der Waals surface area contributed by atoms with E-state index in [1.165, 1.54) is 18.5 Å². The summed E-state index contributed by atoms with van der Waals surface area (Å²) >= 11 is 0. The number of aromatic nitrogens is 2. The number of benzene rings is 1. The van der Waals surface area contributed by atoms with Crippen LogP contribution in [0.3, 0.4) is 0 Å². The van der Waals surface area contributed by atoms with Gasteiger partial charge < -0.3 is 19.5 Å². The molecule has 10 heteroatoms. The van der Waals surface area contributed by atoms with Gasteiger partial charge in [-0.3, -0.25) is 0 Å². The Labute approximate surface area is 177 Å². The Hall–Kier alpha value is -2.88. The molecule has 0 unspecified atom stereocenters. The van der Waals surface area contributed by atoms with Gasteiger partial charge in [-0.25, -0.2) is 14.8 Å². The molecule has 3 rings (SSSR count). The van der Waals surface area contributed by atoms with Crippen molar-refractivity contribution in [2.75, 3.05) is 18.5 Å². The molecule has 2 aromatic rings. The van der Waals surface area contributed by atoms with E-state index in [0.29, 0.717) is 17.9 Å². The van der Waals surface area contributed by atoms with E-state index in [-0.39, 0.29) is 30.3 Å². The highest BCUT2D eigenvalue weighted by Crippen LogP contribution is 2.33. The number of rotatable bonds is 7. The zero-order valence-electron chi connectivity index (χ0n) is 17.2. The number of nitrogens with one attached hydrogen (secondary N) is 1. The molecule has 1 saturated heterocycles. The zero-order valence-corrected chi connectivity index (χ0v) is 17.2. The molecule has 0 spiro atoms. The van der Waals surface area contributed by atoms with Crippen molar-refractivity contribution in [1.82, 2.24) is 9.97 Å². The summed E-state index contributed by atoms with van der Waals surface area (Å²) in [5.74, 6) is -0.239. The van der Waals surface area contributed by atoms with E-state index in [4.69, 9.17) is 9.47 Å². The van der Waals surface area contributed by atoms with Gasteiger partial charge in [0.2, 0.25) is 0 Å². The number of carbonyl (C=O) groups excluding carboxylic acids is 1. The fourth-order valence-corrected chi connectivity index (χ4v) is 3.42. The van der Waals surface area contributed by atoms with Gasteiger partial charge in [0.15, 0.2) is 5.69 Å². The Balaban J connectivity index is 1.59. The summed E-state index contributed by atoms with van der Waals surface area (Å²) < 4.78 is 52.0. The first kappa shape index (κ1) is 22.8. The average molecular weight is 439 g/mol. The molecule has 7 nitrogen and oxygen atoms in total. The smallest absolute Gasteiger partial charge is 0.461 e. The second kappa shape index (κ2) is 9.95. The molecule has 0 bridgehead atoms. The molecule has 1 aliphatic rings. The van der Waals surface area contributed by atoms with Gasteiger partial charge in [-0.05, 0) is 50.8 Å².